The predicted molar refractivity (Wildman–Crippen MR) is 79.1 cm³/mol. The molecular formula is C16H13FN2O3. The topological polar surface area (TPSA) is 67.4 Å². The number of nitrogens with one attached hydrogen (secondary N) is 2. The van der Waals surface area contributed by atoms with E-state index in [0.29, 0.717) is 11.4 Å². The predicted octanol–water partition coefficient (Wildman–Crippen LogP) is 2.55. The number of anilines is 2. The molecule has 1 heterocycles. The highest BCUT2D eigenvalue weighted by molar-refractivity contribution is 6.18. The molecule has 0 aromatic heterocycles. The highest BCUT2D eigenvalue weighted by atomic mass is 19.1. The minimum absolute atomic E-state index is 0.251. The standard InChI is InChI=1S/C16H13FN2O3/c1-16(14(20)18-11-6-4-5-10(17)9-11)15(21)19-12-7-2-3-8-13(12)22-16/h2-9H,1H3,(H,18,20)(H,19,21). The fourth-order valence-electron chi connectivity index (χ4n) is 2.13. The number of para-hydroxylation sites is 2. The molecule has 3 rings (SSSR count). The molecule has 0 radical (unpaired) electrons. The normalized spacial score (nSPS) is 19.6. The van der Waals surface area contributed by atoms with Crippen LogP contribution in [0.15, 0.2) is 48.5 Å². The van der Waals surface area contributed by atoms with Crippen molar-refractivity contribution in [1.82, 2.24) is 0 Å². The third-order valence-corrected chi connectivity index (χ3v) is 3.40. The Bertz CT molecular complexity index is 763. The summed E-state index contributed by atoms with van der Waals surface area (Å²) in [5.74, 6) is -1.34. The van der Waals surface area contributed by atoms with Crippen LogP contribution in [0.3, 0.4) is 0 Å². The quantitative estimate of drug-likeness (QED) is 0.838. The van der Waals surface area contributed by atoms with Crippen LogP contribution < -0.4 is 15.4 Å². The Morgan fingerprint density at radius 2 is 2.00 bits per heavy atom. The number of hydrogen-bond acceptors (Lipinski definition) is 3. The van der Waals surface area contributed by atoms with Crippen LogP contribution in [0.1, 0.15) is 6.92 Å². The van der Waals surface area contributed by atoms with E-state index in [1.807, 2.05) is 0 Å². The monoisotopic (exact) mass is 300 g/mol. The largest absolute Gasteiger partial charge is 0.466 e. The second kappa shape index (κ2) is 5.14. The molecule has 6 heteroatoms. The summed E-state index contributed by atoms with van der Waals surface area (Å²) < 4.78 is 18.7. The lowest BCUT2D eigenvalue weighted by atomic mass is 10.0. The molecule has 112 valence electrons. The Balaban J connectivity index is 1.87. The van der Waals surface area contributed by atoms with Gasteiger partial charge in [-0.25, -0.2) is 4.39 Å². The molecule has 0 spiro atoms. The highest BCUT2D eigenvalue weighted by Gasteiger charge is 2.47. The maximum Gasteiger partial charge on any atom is 0.278 e. The molecule has 2 N–H and O–H groups in total. The Kier molecular flexibility index (Phi) is 3.29. The molecule has 1 aliphatic heterocycles. The molecule has 5 nitrogen and oxygen atoms in total. The number of carbonyl (C=O) groups excluding carboxylic acids is 2. The van der Waals surface area contributed by atoms with E-state index in [0.717, 1.165) is 6.07 Å². The zero-order valence-electron chi connectivity index (χ0n) is 11.7. The van der Waals surface area contributed by atoms with Gasteiger partial charge in [0, 0.05) is 5.69 Å². The summed E-state index contributed by atoms with van der Waals surface area (Å²) in [5.41, 5.74) is -0.981. The van der Waals surface area contributed by atoms with Gasteiger partial charge in [0.25, 0.3) is 17.4 Å². The van der Waals surface area contributed by atoms with Gasteiger partial charge >= 0.3 is 0 Å². The van der Waals surface area contributed by atoms with E-state index >= 15 is 0 Å². The third-order valence-electron chi connectivity index (χ3n) is 3.40. The number of hydrogen-bond donors (Lipinski definition) is 2. The lowest BCUT2D eigenvalue weighted by Crippen LogP contribution is -2.56. The van der Waals surface area contributed by atoms with Gasteiger partial charge in [0.2, 0.25) is 0 Å². The van der Waals surface area contributed by atoms with Crippen molar-refractivity contribution in [2.24, 2.45) is 0 Å². The van der Waals surface area contributed by atoms with E-state index in [2.05, 4.69) is 10.6 Å². The van der Waals surface area contributed by atoms with Crippen LogP contribution >= 0.6 is 0 Å². The maximum absolute atomic E-state index is 13.2. The van der Waals surface area contributed by atoms with E-state index in [4.69, 9.17) is 4.74 Å². The second-order valence-electron chi connectivity index (χ2n) is 5.05. The first-order chi connectivity index (χ1) is 10.5. The fraction of sp³-hybridized carbons (Fsp3) is 0.125. The van der Waals surface area contributed by atoms with Crippen molar-refractivity contribution >= 4 is 23.2 Å². The number of carbonyl (C=O) groups is 2. The van der Waals surface area contributed by atoms with E-state index in [-0.39, 0.29) is 5.69 Å². The summed E-state index contributed by atoms with van der Waals surface area (Å²) in [6.45, 7) is 1.37. The van der Waals surface area contributed by atoms with Gasteiger partial charge in [-0.1, -0.05) is 18.2 Å². The average Bonchev–Trinajstić information content (AvgIpc) is 2.48. The maximum atomic E-state index is 13.2. The lowest BCUT2D eigenvalue weighted by molar-refractivity contribution is -0.143. The number of ether oxygens (including phenoxy) is 1. The van der Waals surface area contributed by atoms with Gasteiger partial charge < -0.3 is 15.4 Å². The van der Waals surface area contributed by atoms with Crippen molar-refractivity contribution < 1.29 is 18.7 Å². The molecule has 1 aliphatic rings. The molecule has 2 aromatic carbocycles. The van der Waals surface area contributed by atoms with Crippen LogP contribution in [0, 0.1) is 5.82 Å². The van der Waals surface area contributed by atoms with Gasteiger partial charge in [-0.3, -0.25) is 9.59 Å². The average molecular weight is 300 g/mol. The minimum atomic E-state index is -1.74. The summed E-state index contributed by atoms with van der Waals surface area (Å²) in [7, 11) is 0. The Hall–Kier alpha value is -2.89. The van der Waals surface area contributed by atoms with Gasteiger partial charge in [-0.2, -0.15) is 0 Å². The molecule has 22 heavy (non-hydrogen) atoms. The summed E-state index contributed by atoms with van der Waals surface area (Å²) >= 11 is 0. The van der Waals surface area contributed by atoms with Crippen LogP contribution in [-0.2, 0) is 9.59 Å². The molecule has 0 saturated carbocycles. The SMILES string of the molecule is CC1(C(=O)Nc2cccc(F)c2)Oc2ccccc2NC1=O. The van der Waals surface area contributed by atoms with E-state index in [1.165, 1.54) is 25.1 Å². The number of amides is 2. The molecule has 0 aliphatic carbocycles. The van der Waals surface area contributed by atoms with Gasteiger partial charge in [-0.15, -0.1) is 0 Å². The smallest absolute Gasteiger partial charge is 0.278 e. The molecule has 2 amide bonds. The zero-order valence-corrected chi connectivity index (χ0v) is 11.7. The molecule has 0 fully saturated rings. The lowest BCUT2D eigenvalue weighted by Gasteiger charge is -2.33. The van der Waals surface area contributed by atoms with Crippen LogP contribution in [-0.4, -0.2) is 17.4 Å². The van der Waals surface area contributed by atoms with Crippen molar-refractivity contribution in [3.05, 3.63) is 54.3 Å². The molecule has 2 aromatic rings. The Morgan fingerprint density at radius 1 is 1.23 bits per heavy atom. The van der Waals surface area contributed by atoms with Crippen molar-refractivity contribution in [3.63, 3.8) is 0 Å². The number of benzene rings is 2. The zero-order chi connectivity index (χ0) is 15.7. The van der Waals surface area contributed by atoms with Gasteiger partial charge in [-0.05, 0) is 37.3 Å². The van der Waals surface area contributed by atoms with E-state index in [1.54, 1.807) is 24.3 Å². The molecule has 0 bridgehead atoms. The molecule has 1 atom stereocenters. The summed E-state index contributed by atoms with van der Waals surface area (Å²) in [6.07, 6.45) is 0. The first kappa shape index (κ1) is 14.1. The van der Waals surface area contributed by atoms with Crippen molar-refractivity contribution in [2.45, 2.75) is 12.5 Å². The van der Waals surface area contributed by atoms with Crippen molar-refractivity contribution in [3.8, 4) is 5.75 Å². The molecular weight excluding hydrogens is 287 g/mol. The van der Waals surface area contributed by atoms with Crippen LogP contribution in [0.25, 0.3) is 0 Å². The van der Waals surface area contributed by atoms with Crippen LogP contribution in [0.5, 0.6) is 5.75 Å². The highest BCUT2D eigenvalue weighted by Crippen LogP contribution is 2.33. The van der Waals surface area contributed by atoms with Crippen molar-refractivity contribution in [2.75, 3.05) is 10.6 Å². The minimum Gasteiger partial charge on any atom is -0.466 e. The van der Waals surface area contributed by atoms with Crippen molar-refractivity contribution in [1.29, 1.82) is 0 Å². The second-order valence-corrected chi connectivity index (χ2v) is 5.05. The molecule has 0 saturated heterocycles. The number of rotatable bonds is 2. The fourth-order valence-corrected chi connectivity index (χ4v) is 2.13. The summed E-state index contributed by atoms with van der Waals surface area (Å²) in [4.78, 5) is 24.6. The first-order valence-corrected chi connectivity index (χ1v) is 6.65. The van der Waals surface area contributed by atoms with Crippen LogP contribution in [0.4, 0.5) is 15.8 Å². The summed E-state index contributed by atoms with van der Waals surface area (Å²) in [6, 6.07) is 12.2. The van der Waals surface area contributed by atoms with E-state index < -0.39 is 23.2 Å². The van der Waals surface area contributed by atoms with E-state index in [9.17, 15) is 14.0 Å². The summed E-state index contributed by atoms with van der Waals surface area (Å²) in [5, 5.41) is 5.12. The molecule has 1 unspecified atom stereocenters. The van der Waals surface area contributed by atoms with Gasteiger partial charge in [0.1, 0.15) is 11.6 Å². The number of fused-ring (bicyclic) bond motifs is 1. The van der Waals surface area contributed by atoms with Gasteiger partial charge in [0.05, 0.1) is 5.69 Å². The van der Waals surface area contributed by atoms with Crippen LogP contribution in [0.2, 0.25) is 0 Å². The Labute approximate surface area is 126 Å². The van der Waals surface area contributed by atoms with Gasteiger partial charge in [0.15, 0.2) is 0 Å². The Morgan fingerprint density at radius 3 is 2.77 bits per heavy atom. The first-order valence-electron chi connectivity index (χ1n) is 6.65. The third kappa shape index (κ3) is 2.39. The number of halogens is 1.